The molecule has 0 spiro atoms. The van der Waals surface area contributed by atoms with Crippen LogP contribution in [0.5, 0.6) is 11.5 Å². The molecule has 0 saturated carbocycles. The lowest BCUT2D eigenvalue weighted by Crippen LogP contribution is -2.38. The summed E-state index contributed by atoms with van der Waals surface area (Å²) in [4.78, 5) is 13.4. The Bertz CT molecular complexity index is 1110. The molecular weight excluding hydrogens is 412 g/mol. The third kappa shape index (κ3) is 3.80. The Morgan fingerprint density at radius 1 is 1.06 bits per heavy atom. The Morgan fingerprint density at radius 2 is 1.74 bits per heavy atom. The minimum absolute atomic E-state index is 0.0428. The molecule has 2 aliphatic rings. The van der Waals surface area contributed by atoms with Crippen molar-refractivity contribution in [1.29, 1.82) is 5.26 Å². The van der Waals surface area contributed by atoms with E-state index < -0.39 is 11.8 Å². The lowest BCUT2D eigenvalue weighted by Gasteiger charge is -2.38. The Labute approximate surface area is 186 Å². The predicted octanol–water partition coefficient (Wildman–Crippen LogP) is 5.10. The summed E-state index contributed by atoms with van der Waals surface area (Å²) >= 11 is 6.02. The van der Waals surface area contributed by atoms with Gasteiger partial charge in [0, 0.05) is 34.3 Å². The summed E-state index contributed by atoms with van der Waals surface area (Å²) in [5, 5.41) is 13.8. The van der Waals surface area contributed by atoms with Gasteiger partial charge in [-0.3, -0.25) is 4.79 Å². The largest absolute Gasteiger partial charge is 0.493 e. The Hall–Kier alpha value is -3.23. The smallest absolute Gasteiger partial charge is 0.161 e. The Kier molecular flexibility index (Phi) is 5.75. The number of ketones is 1. The number of methoxy groups -OCH3 is 2. The third-order valence-electron chi connectivity index (χ3n) is 6.09. The van der Waals surface area contributed by atoms with Gasteiger partial charge in [0.25, 0.3) is 0 Å². The van der Waals surface area contributed by atoms with Gasteiger partial charge in [0.15, 0.2) is 17.3 Å². The second-order valence-electron chi connectivity index (χ2n) is 7.82. The molecular formula is C25H23ClN2O3. The summed E-state index contributed by atoms with van der Waals surface area (Å²) in [5.74, 6) is 0.277. The van der Waals surface area contributed by atoms with E-state index in [1.54, 1.807) is 20.3 Å². The number of ether oxygens (including phenoxy) is 2. The van der Waals surface area contributed by atoms with Gasteiger partial charge in [-0.1, -0.05) is 36.4 Å². The molecule has 31 heavy (non-hydrogen) atoms. The highest BCUT2D eigenvalue weighted by Gasteiger charge is 2.42. The highest BCUT2D eigenvalue weighted by Crippen LogP contribution is 2.47. The van der Waals surface area contributed by atoms with E-state index >= 15 is 0 Å². The quantitative estimate of drug-likeness (QED) is 0.724. The maximum absolute atomic E-state index is 13.4. The number of carbonyl (C=O) groups is 1. The number of hydrogen-bond donors (Lipinski definition) is 1. The first-order valence-corrected chi connectivity index (χ1v) is 10.4. The number of nitriles is 1. The molecule has 3 unspecified atom stereocenters. The molecule has 4 rings (SSSR count). The maximum Gasteiger partial charge on any atom is 0.161 e. The van der Waals surface area contributed by atoms with Crippen molar-refractivity contribution >= 4 is 17.4 Å². The third-order valence-corrected chi connectivity index (χ3v) is 6.34. The fourth-order valence-corrected chi connectivity index (χ4v) is 4.70. The zero-order valence-corrected chi connectivity index (χ0v) is 18.2. The SMILES string of the molecule is C=C1NC2=C(C(=O)CC(c3ccc(Cl)cc3)C2)C(c2ccc(OC)c(OC)c2)C1C#N. The summed E-state index contributed by atoms with van der Waals surface area (Å²) in [6, 6.07) is 15.5. The van der Waals surface area contributed by atoms with Gasteiger partial charge >= 0.3 is 0 Å². The monoisotopic (exact) mass is 434 g/mol. The number of Topliss-reactive ketones (excluding diaryl/α,β-unsaturated/α-hetero) is 1. The second-order valence-corrected chi connectivity index (χ2v) is 8.26. The number of rotatable bonds is 4. The molecule has 1 aliphatic carbocycles. The summed E-state index contributed by atoms with van der Waals surface area (Å²) in [7, 11) is 3.14. The number of nitrogens with zero attached hydrogens (tertiary/aromatic N) is 1. The Balaban J connectivity index is 1.78. The van der Waals surface area contributed by atoms with Crippen molar-refractivity contribution in [1.82, 2.24) is 5.32 Å². The fourth-order valence-electron chi connectivity index (χ4n) is 4.58. The molecule has 0 fully saturated rings. The van der Waals surface area contributed by atoms with Crippen molar-refractivity contribution in [3.05, 3.63) is 82.2 Å². The molecule has 1 N–H and O–H groups in total. The zero-order chi connectivity index (χ0) is 22.1. The average Bonchev–Trinajstić information content (AvgIpc) is 2.78. The van der Waals surface area contributed by atoms with E-state index in [2.05, 4.69) is 18.0 Å². The lowest BCUT2D eigenvalue weighted by molar-refractivity contribution is -0.116. The van der Waals surface area contributed by atoms with Crippen LogP contribution in [0.2, 0.25) is 5.02 Å². The topological polar surface area (TPSA) is 71.3 Å². The van der Waals surface area contributed by atoms with Crippen molar-refractivity contribution in [2.24, 2.45) is 5.92 Å². The molecule has 2 aromatic carbocycles. The minimum atomic E-state index is -0.562. The number of halogens is 1. The van der Waals surface area contributed by atoms with Crippen LogP contribution in [0.15, 0.2) is 66.0 Å². The first-order valence-electron chi connectivity index (χ1n) is 10.1. The Morgan fingerprint density at radius 3 is 2.39 bits per heavy atom. The van der Waals surface area contributed by atoms with Crippen LogP contribution in [-0.2, 0) is 4.79 Å². The van der Waals surface area contributed by atoms with Crippen molar-refractivity contribution in [2.45, 2.75) is 24.7 Å². The molecule has 3 atom stereocenters. The molecule has 5 nitrogen and oxygen atoms in total. The van der Waals surface area contributed by atoms with Crippen LogP contribution in [0.25, 0.3) is 0 Å². The summed E-state index contributed by atoms with van der Waals surface area (Å²) < 4.78 is 10.8. The van der Waals surface area contributed by atoms with E-state index in [0.717, 1.165) is 16.8 Å². The number of carbonyl (C=O) groups excluding carboxylic acids is 1. The molecule has 0 amide bonds. The highest BCUT2D eigenvalue weighted by atomic mass is 35.5. The zero-order valence-electron chi connectivity index (χ0n) is 17.4. The van der Waals surface area contributed by atoms with Crippen LogP contribution in [-0.4, -0.2) is 20.0 Å². The molecule has 1 heterocycles. The van der Waals surface area contributed by atoms with Crippen LogP contribution in [0, 0.1) is 17.2 Å². The fraction of sp³-hybridized carbons (Fsp3) is 0.280. The normalized spacial score (nSPS) is 23.0. The van der Waals surface area contributed by atoms with Gasteiger partial charge in [0.1, 0.15) is 0 Å². The maximum atomic E-state index is 13.4. The lowest BCUT2D eigenvalue weighted by atomic mass is 9.69. The molecule has 0 radical (unpaired) electrons. The summed E-state index contributed by atoms with van der Waals surface area (Å²) in [6.45, 7) is 4.09. The van der Waals surface area contributed by atoms with E-state index in [0.29, 0.717) is 40.6 Å². The van der Waals surface area contributed by atoms with Crippen LogP contribution in [0.1, 0.15) is 35.8 Å². The first kappa shape index (κ1) is 21.0. The molecule has 158 valence electrons. The number of hydrogen-bond acceptors (Lipinski definition) is 5. The van der Waals surface area contributed by atoms with E-state index in [1.165, 1.54) is 0 Å². The van der Waals surface area contributed by atoms with Gasteiger partial charge in [-0.25, -0.2) is 0 Å². The van der Waals surface area contributed by atoms with Crippen LogP contribution in [0.4, 0.5) is 0 Å². The first-order chi connectivity index (χ1) is 15.0. The molecule has 2 aromatic rings. The molecule has 0 saturated heterocycles. The number of nitrogens with one attached hydrogen (secondary N) is 1. The number of benzene rings is 2. The summed E-state index contributed by atoms with van der Waals surface area (Å²) in [6.07, 6.45) is 1.06. The minimum Gasteiger partial charge on any atom is -0.493 e. The number of allylic oxidation sites excluding steroid dienone is 3. The second kappa shape index (κ2) is 8.49. The standard InChI is InChI=1S/C25H23ClN2O3/c1-14-19(13-27)24(16-6-9-22(30-2)23(12-16)31-3)25-20(28-14)10-17(11-21(25)29)15-4-7-18(26)8-5-15/h4-9,12,17,19,24,28H,1,10-11H2,2-3H3. The van der Waals surface area contributed by atoms with Crippen LogP contribution >= 0.6 is 11.6 Å². The van der Waals surface area contributed by atoms with Crippen molar-refractivity contribution < 1.29 is 14.3 Å². The van der Waals surface area contributed by atoms with E-state index in [9.17, 15) is 10.1 Å². The van der Waals surface area contributed by atoms with Crippen LogP contribution in [0.3, 0.4) is 0 Å². The highest BCUT2D eigenvalue weighted by molar-refractivity contribution is 6.30. The average molecular weight is 435 g/mol. The van der Waals surface area contributed by atoms with E-state index in [4.69, 9.17) is 21.1 Å². The molecule has 0 aromatic heterocycles. The predicted molar refractivity (Wildman–Crippen MR) is 119 cm³/mol. The van der Waals surface area contributed by atoms with E-state index in [-0.39, 0.29) is 11.7 Å². The molecule has 1 aliphatic heterocycles. The van der Waals surface area contributed by atoms with Gasteiger partial charge < -0.3 is 14.8 Å². The van der Waals surface area contributed by atoms with Gasteiger partial charge in [-0.2, -0.15) is 5.26 Å². The molecule has 0 bridgehead atoms. The van der Waals surface area contributed by atoms with Crippen molar-refractivity contribution in [3.8, 4) is 17.6 Å². The van der Waals surface area contributed by atoms with Gasteiger partial charge in [0.2, 0.25) is 0 Å². The van der Waals surface area contributed by atoms with Gasteiger partial charge in [-0.15, -0.1) is 0 Å². The van der Waals surface area contributed by atoms with Crippen molar-refractivity contribution in [3.63, 3.8) is 0 Å². The van der Waals surface area contributed by atoms with E-state index in [1.807, 2.05) is 36.4 Å². The molecule has 6 heteroatoms. The van der Waals surface area contributed by atoms with Gasteiger partial charge in [-0.05, 0) is 47.7 Å². The van der Waals surface area contributed by atoms with Crippen molar-refractivity contribution in [2.75, 3.05) is 14.2 Å². The van der Waals surface area contributed by atoms with Gasteiger partial charge in [0.05, 0.1) is 26.2 Å². The summed E-state index contributed by atoms with van der Waals surface area (Å²) in [5.41, 5.74) is 4.01. The van der Waals surface area contributed by atoms with Crippen LogP contribution < -0.4 is 14.8 Å².